The average Bonchev–Trinajstić information content (AvgIpc) is 3.22. The number of nitrogens with one attached hydrogen (secondary N) is 2. The number of carbonyl (C=O) groups excluding carboxylic acids is 2. The van der Waals surface area contributed by atoms with Crippen molar-refractivity contribution in [1.82, 2.24) is 5.32 Å². The number of hydrogen-bond donors (Lipinski definition) is 2. The number of carbonyl (C=O) groups is 2. The van der Waals surface area contributed by atoms with Crippen molar-refractivity contribution in [2.24, 2.45) is 0 Å². The van der Waals surface area contributed by atoms with Gasteiger partial charge in [-0.25, -0.2) is 0 Å². The largest absolute Gasteiger partial charge is 0.459 e. The lowest BCUT2D eigenvalue weighted by molar-refractivity contribution is 0.0949. The molecule has 26 heavy (non-hydrogen) atoms. The first-order valence-electron chi connectivity index (χ1n) is 8.46. The maximum Gasteiger partial charge on any atom is 0.291 e. The summed E-state index contributed by atoms with van der Waals surface area (Å²) in [5.41, 5.74) is 3.45. The van der Waals surface area contributed by atoms with E-state index in [1.54, 1.807) is 24.3 Å². The van der Waals surface area contributed by atoms with E-state index in [1.165, 1.54) is 11.8 Å². The highest BCUT2D eigenvalue weighted by Gasteiger charge is 2.09. The third-order valence-electron chi connectivity index (χ3n) is 4.03. The molecule has 132 valence electrons. The maximum absolute atomic E-state index is 12.2. The van der Waals surface area contributed by atoms with Gasteiger partial charge in [0, 0.05) is 17.8 Å². The molecule has 1 heterocycles. The van der Waals surface area contributed by atoms with Crippen molar-refractivity contribution in [3.63, 3.8) is 0 Å². The molecule has 1 aromatic heterocycles. The second kappa shape index (κ2) is 8.16. The molecule has 0 unspecified atom stereocenters. The van der Waals surface area contributed by atoms with Gasteiger partial charge in [-0.15, -0.1) is 0 Å². The smallest absolute Gasteiger partial charge is 0.291 e. The molecular formula is C21H20N2O3. The van der Waals surface area contributed by atoms with Crippen molar-refractivity contribution < 1.29 is 14.0 Å². The molecule has 0 aliphatic heterocycles. The van der Waals surface area contributed by atoms with Crippen LogP contribution in [-0.4, -0.2) is 11.8 Å². The standard InChI is InChI=1S/C21H20N2O3/c1-2-15-5-9-17(10-6-15)20(24)22-14-16-7-11-18(12-8-16)23-21(25)19-4-3-13-26-19/h3-13H,2,14H2,1H3,(H,22,24)(H,23,25). The summed E-state index contributed by atoms with van der Waals surface area (Å²) in [6.07, 6.45) is 2.40. The van der Waals surface area contributed by atoms with E-state index < -0.39 is 0 Å². The van der Waals surface area contributed by atoms with Gasteiger partial charge in [0.15, 0.2) is 5.76 Å². The molecule has 0 aliphatic carbocycles. The van der Waals surface area contributed by atoms with E-state index in [0.717, 1.165) is 12.0 Å². The Hall–Kier alpha value is -3.34. The van der Waals surface area contributed by atoms with Crippen LogP contribution in [0.4, 0.5) is 5.69 Å². The van der Waals surface area contributed by atoms with E-state index >= 15 is 0 Å². The number of benzene rings is 2. The van der Waals surface area contributed by atoms with Crippen LogP contribution >= 0.6 is 0 Å². The fraction of sp³-hybridized carbons (Fsp3) is 0.143. The Balaban J connectivity index is 1.53. The van der Waals surface area contributed by atoms with Crippen LogP contribution in [0, 0.1) is 0 Å². The summed E-state index contributed by atoms with van der Waals surface area (Å²) >= 11 is 0. The zero-order valence-electron chi connectivity index (χ0n) is 14.5. The van der Waals surface area contributed by atoms with Gasteiger partial charge in [0.1, 0.15) is 0 Å². The molecule has 5 heteroatoms. The predicted molar refractivity (Wildman–Crippen MR) is 100 cm³/mol. The number of furan rings is 1. The zero-order chi connectivity index (χ0) is 18.4. The second-order valence-corrected chi connectivity index (χ2v) is 5.86. The summed E-state index contributed by atoms with van der Waals surface area (Å²) < 4.78 is 5.05. The fourth-order valence-corrected chi connectivity index (χ4v) is 2.48. The van der Waals surface area contributed by atoms with Crippen molar-refractivity contribution in [1.29, 1.82) is 0 Å². The van der Waals surface area contributed by atoms with Gasteiger partial charge in [-0.3, -0.25) is 9.59 Å². The summed E-state index contributed by atoms with van der Waals surface area (Å²) in [7, 11) is 0. The zero-order valence-corrected chi connectivity index (χ0v) is 14.5. The number of anilines is 1. The summed E-state index contributed by atoms with van der Waals surface area (Å²) in [5.74, 6) is -0.148. The van der Waals surface area contributed by atoms with Gasteiger partial charge < -0.3 is 15.1 Å². The third-order valence-corrected chi connectivity index (χ3v) is 4.03. The first-order valence-corrected chi connectivity index (χ1v) is 8.46. The third kappa shape index (κ3) is 4.39. The normalized spacial score (nSPS) is 10.3. The molecule has 5 nitrogen and oxygen atoms in total. The van der Waals surface area contributed by atoms with Gasteiger partial charge in [-0.05, 0) is 53.9 Å². The first kappa shape index (κ1) is 17.5. The average molecular weight is 348 g/mol. The van der Waals surface area contributed by atoms with Crippen LogP contribution in [0.15, 0.2) is 71.3 Å². The molecule has 0 bridgehead atoms. The van der Waals surface area contributed by atoms with E-state index in [0.29, 0.717) is 17.8 Å². The van der Waals surface area contributed by atoms with Crippen LogP contribution in [0.25, 0.3) is 0 Å². The molecule has 0 atom stereocenters. The Morgan fingerprint density at radius 2 is 1.58 bits per heavy atom. The lowest BCUT2D eigenvalue weighted by Crippen LogP contribution is -2.22. The molecule has 0 aliphatic rings. The fourth-order valence-electron chi connectivity index (χ4n) is 2.48. The number of rotatable bonds is 6. The Morgan fingerprint density at radius 1 is 0.885 bits per heavy atom. The van der Waals surface area contributed by atoms with Crippen molar-refractivity contribution in [3.8, 4) is 0 Å². The van der Waals surface area contributed by atoms with Crippen LogP contribution in [-0.2, 0) is 13.0 Å². The number of aryl methyl sites for hydroxylation is 1. The topological polar surface area (TPSA) is 71.3 Å². The summed E-state index contributed by atoms with van der Waals surface area (Å²) in [4.78, 5) is 24.1. The van der Waals surface area contributed by atoms with Crippen molar-refractivity contribution in [2.45, 2.75) is 19.9 Å². The summed E-state index contributed by atoms with van der Waals surface area (Å²) in [6.45, 7) is 2.50. The SMILES string of the molecule is CCc1ccc(C(=O)NCc2ccc(NC(=O)c3ccco3)cc2)cc1. The van der Waals surface area contributed by atoms with E-state index in [-0.39, 0.29) is 17.6 Å². The predicted octanol–water partition coefficient (Wildman–Crippen LogP) is 4.02. The monoisotopic (exact) mass is 348 g/mol. The quantitative estimate of drug-likeness (QED) is 0.707. The van der Waals surface area contributed by atoms with Gasteiger partial charge in [0.05, 0.1) is 6.26 Å². The van der Waals surface area contributed by atoms with Gasteiger partial charge in [-0.1, -0.05) is 31.2 Å². The van der Waals surface area contributed by atoms with E-state index in [2.05, 4.69) is 17.6 Å². The van der Waals surface area contributed by atoms with Gasteiger partial charge >= 0.3 is 0 Å². The molecule has 0 fully saturated rings. The molecule has 0 radical (unpaired) electrons. The lowest BCUT2D eigenvalue weighted by atomic mass is 10.1. The highest BCUT2D eigenvalue weighted by atomic mass is 16.3. The Kier molecular flexibility index (Phi) is 5.49. The first-order chi connectivity index (χ1) is 12.7. The molecule has 2 aromatic carbocycles. The molecule has 0 saturated heterocycles. The Labute approximate surface area is 152 Å². The number of hydrogen-bond acceptors (Lipinski definition) is 3. The second-order valence-electron chi connectivity index (χ2n) is 5.86. The van der Waals surface area contributed by atoms with Crippen LogP contribution < -0.4 is 10.6 Å². The summed E-state index contributed by atoms with van der Waals surface area (Å²) in [6, 6.07) is 18.2. The minimum Gasteiger partial charge on any atom is -0.459 e. The van der Waals surface area contributed by atoms with Gasteiger partial charge in [0.25, 0.3) is 11.8 Å². The maximum atomic E-state index is 12.2. The molecular weight excluding hydrogens is 328 g/mol. The van der Waals surface area contributed by atoms with Crippen LogP contribution in [0.5, 0.6) is 0 Å². The lowest BCUT2D eigenvalue weighted by Gasteiger charge is -2.08. The summed E-state index contributed by atoms with van der Waals surface area (Å²) in [5, 5.41) is 5.65. The van der Waals surface area contributed by atoms with Crippen molar-refractivity contribution in [3.05, 3.63) is 89.4 Å². The molecule has 0 spiro atoms. The molecule has 3 aromatic rings. The molecule has 0 saturated carbocycles. The molecule has 2 amide bonds. The highest BCUT2D eigenvalue weighted by molar-refractivity contribution is 6.02. The van der Waals surface area contributed by atoms with E-state index in [4.69, 9.17) is 4.42 Å². The minimum atomic E-state index is -0.299. The van der Waals surface area contributed by atoms with Crippen LogP contribution in [0.2, 0.25) is 0 Å². The van der Waals surface area contributed by atoms with Gasteiger partial charge in [-0.2, -0.15) is 0 Å². The Morgan fingerprint density at radius 3 is 2.19 bits per heavy atom. The molecule has 2 N–H and O–H groups in total. The van der Waals surface area contributed by atoms with E-state index in [1.807, 2.05) is 36.4 Å². The molecule has 3 rings (SSSR count). The minimum absolute atomic E-state index is 0.108. The van der Waals surface area contributed by atoms with Crippen molar-refractivity contribution >= 4 is 17.5 Å². The van der Waals surface area contributed by atoms with Crippen LogP contribution in [0.3, 0.4) is 0 Å². The van der Waals surface area contributed by atoms with Crippen molar-refractivity contribution in [2.75, 3.05) is 5.32 Å². The number of amides is 2. The van der Waals surface area contributed by atoms with Crippen LogP contribution in [0.1, 0.15) is 39.0 Å². The Bertz CT molecular complexity index is 867. The van der Waals surface area contributed by atoms with E-state index in [9.17, 15) is 9.59 Å². The highest BCUT2D eigenvalue weighted by Crippen LogP contribution is 2.12. The van der Waals surface area contributed by atoms with Gasteiger partial charge in [0.2, 0.25) is 0 Å².